The zero-order valence-electron chi connectivity index (χ0n) is 15.0. The molecule has 2 aliphatic rings. The highest BCUT2D eigenvalue weighted by molar-refractivity contribution is 6.36. The van der Waals surface area contributed by atoms with Crippen molar-refractivity contribution in [1.82, 2.24) is 15.1 Å². The number of fused-ring (bicyclic) bond motifs is 1. The summed E-state index contributed by atoms with van der Waals surface area (Å²) < 4.78 is 0. The van der Waals surface area contributed by atoms with E-state index in [2.05, 4.69) is 33.2 Å². The van der Waals surface area contributed by atoms with E-state index < -0.39 is 0 Å². The van der Waals surface area contributed by atoms with E-state index in [0.717, 1.165) is 59.7 Å². The van der Waals surface area contributed by atoms with Gasteiger partial charge in [-0.1, -0.05) is 60.6 Å². The van der Waals surface area contributed by atoms with Crippen LogP contribution in [0.4, 0.5) is 0 Å². The van der Waals surface area contributed by atoms with Crippen LogP contribution in [0.1, 0.15) is 38.2 Å². The van der Waals surface area contributed by atoms with E-state index >= 15 is 0 Å². The molecule has 7 heteroatoms. The van der Waals surface area contributed by atoms with Gasteiger partial charge in [0.1, 0.15) is 0 Å². The summed E-state index contributed by atoms with van der Waals surface area (Å²) in [6.45, 7) is 4.99. The van der Waals surface area contributed by atoms with Crippen LogP contribution < -0.4 is 5.32 Å². The predicted molar refractivity (Wildman–Crippen MR) is 111 cm³/mol. The minimum Gasteiger partial charge on any atom is -0.358 e. The van der Waals surface area contributed by atoms with E-state index in [0.29, 0.717) is 0 Å². The fourth-order valence-corrected chi connectivity index (χ4v) is 4.15. The van der Waals surface area contributed by atoms with Crippen LogP contribution in [0.5, 0.6) is 0 Å². The number of nitrogens with zero attached hydrogens (tertiary/aromatic N) is 3. The molecular formula is C19H25Cl3N4. The third-order valence-corrected chi connectivity index (χ3v) is 5.60. The van der Waals surface area contributed by atoms with Gasteiger partial charge < -0.3 is 15.1 Å². The van der Waals surface area contributed by atoms with Crippen molar-refractivity contribution < 1.29 is 0 Å². The van der Waals surface area contributed by atoms with Gasteiger partial charge in [0.15, 0.2) is 11.5 Å². The Morgan fingerprint density at radius 1 is 1.15 bits per heavy atom. The largest absolute Gasteiger partial charge is 0.358 e. The Morgan fingerprint density at radius 3 is 2.65 bits per heavy atom. The molecule has 26 heavy (non-hydrogen) atoms. The second kappa shape index (κ2) is 9.20. The summed E-state index contributed by atoms with van der Waals surface area (Å²) in [7, 11) is 0. The van der Waals surface area contributed by atoms with Crippen molar-refractivity contribution in [2.24, 2.45) is 4.99 Å². The van der Waals surface area contributed by atoms with Crippen LogP contribution in [0.2, 0.25) is 10.0 Å². The monoisotopic (exact) mass is 414 g/mol. The highest BCUT2D eigenvalue weighted by atomic mass is 35.5. The number of amidine groups is 1. The molecule has 0 fully saturated rings. The highest BCUT2D eigenvalue weighted by Gasteiger charge is 2.29. The molecule has 1 aromatic rings. The Kier molecular flexibility index (Phi) is 6.96. The van der Waals surface area contributed by atoms with Crippen molar-refractivity contribution in [3.8, 4) is 0 Å². The van der Waals surface area contributed by atoms with Crippen molar-refractivity contribution in [2.75, 3.05) is 19.8 Å². The Labute approximate surface area is 170 Å². The maximum absolute atomic E-state index is 6.28. The third-order valence-electron chi connectivity index (χ3n) is 4.68. The molecule has 1 N–H and O–H groups in total. The molecule has 0 bridgehead atoms. The molecule has 0 amide bonds. The van der Waals surface area contributed by atoms with Gasteiger partial charge in [0, 0.05) is 29.3 Å². The number of hydrogen-bond donors (Lipinski definition) is 1. The fraction of sp³-hybridized carbons (Fsp3) is 0.526. The topological polar surface area (TPSA) is 30.9 Å². The molecule has 3 rings (SSSR count). The number of benzene rings is 1. The normalized spacial score (nSPS) is 19.2. The predicted octanol–water partition coefficient (Wildman–Crippen LogP) is 5.06. The second-order valence-electron chi connectivity index (χ2n) is 6.70. The van der Waals surface area contributed by atoms with Gasteiger partial charge in [0.25, 0.3) is 0 Å². The summed E-state index contributed by atoms with van der Waals surface area (Å²) in [5.41, 5.74) is 1.68. The Morgan fingerprint density at radius 2 is 1.92 bits per heavy atom. The Hall–Kier alpha value is -1.10. The lowest BCUT2D eigenvalue weighted by molar-refractivity contribution is 0.230. The maximum atomic E-state index is 6.28. The van der Waals surface area contributed by atoms with Gasteiger partial charge in [-0.25, -0.2) is 4.99 Å². The van der Waals surface area contributed by atoms with Crippen molar-refractivity contribution in [3.63, 3.8) is 0 Å². The van der Waals surface area contributed by atoms with Crippen molar-refractivity contribution >= 4 is 40.6 Å². The van der Waals surface area contributed by atoms with Gasteiger partial charge in [0.05, 0.1) is 12.4 Å². The first-order chi connectivity index (χ1) is 12.6. The summed E-state index contributed by atoms with van der Waals surface area (Å²) >= 11 is 18.7. The van der Waals surface area contributed by atoms with Crippen LogP contribution in [0.3, 0.4) is 0 Å². The number of aliphatic imine (C=N–C) groups is 1. The first kappa shape index (κ1) is 19.7. The zero-order chi connectivity index (χ0) is 18.5. The van der Waals surface area contributed by atoms with E-state index in [1.165, 1.54) is 19.3 Å². The van der Waals surface area contributed by atoms with Gasteiger partial charge in [-0.15, -0.1) is 0 Å². The van der Waals surface area contributed by atoms with Crippen molar-refractivity contribution in [2.45, 2.75) is 44.7 Å². The minimum atomic E-state index is -0.369. The first-order valence-electron chi connectivity index (χ1n) is 9.21. The molecule has 0 aromatic heterocycles. The van der Waals surface area contributed by atoms with Crippen LogP contribution >= 0.6 is 34.8 Å². The SMILES string of the molecule is CCCCCN1CN(CCCc2c(Cl)cccc2Cl)C=C2NC(Cl)N=C21. The van der Waals surface area contributed by atoms with Gasteiger partial charge in [-0.2, -0.15) is 0 Å². The molecule has 4 nitrogen and oxygen atoms in total. The maximum Gasteiger partial charge on any atom is 0.197 e. The first-order valence-corrected chi connectivity index (χ1v) is 10.4. The van der Waals surface area contributed by atoms with Gasteiger partial charge >= 0.3 is 0 Å². The summed E-state index contributed by atoms with van der Waals surface area (Å²) in [5, 5.41) is 4.72. The number of unbranched alkanes of at least 4 members (excludes halogenated alkanes) is 2. The molecule has 0 saturated carbocycles. The highest BCUT2D eigenvalue weighted by Crippen LogP contribution is 2.26. The number of halogens is 3. The minimum absolute atomic E-state index is 0.369. The standard InChI is InChI=1S/C19H25Cl3N4/c1-2-3-4-11-26-13-25(12-17-18(26)24-19(22)23-17)10-6-7-14-15(20)8-5-9-16(14)21/h5,8-9,12,19,23H,2-4,6-7,10-11,13H2,1H3. The summed E-state index contributed by atoms with van der Waals surface area (Å²) in [6, 6.07) is 5.67. The molecule has 0 saturated heterocycles. The van der Waals surface area contributed by atoms with Crippen LogP contribution in [-0.2, 0) is 6.42 Å². The lowest BCUT2D eigenvalue weighted by atomic mass is 10.1. The smallest absolute Gasteiger partial charge is 0.197 e. The number of alkyl halides is 1. The van der Waals surface area contributed by atoms with Gasteiger partial charge in [-0.05, 0) is 37.0 Å². The molecule has 0 aliphatic carbocycles. The van der Waals surface area contributed by atoms with Crippen molar-refractivity contribution in [3.05, 3.63) is 45.7 Å². The summed E-state index contributed by atoms with van der Waals surface area (Å²) in [5.74, 6) is 0.992. The number of rotatable bonds is 8. The Bertz CT molecular complexity index is 669. The molecule has 2 heterocycles. The summed E-state index contributed by atoms with van der Waals surface area (Å²) in [6.07, 6.45) is 7.57. The molecule has 1 unspecified atom stereocenters. The van der Waals surface area contributed by atoms with Crippen LogP contribution in [-0.4, -0.2) is 41.0 Å². The lowest BCUT2D eigenvalue weighted by Crippen LogP contribution is -2.45. The van der Waals surface area contributed by atoms with E-state index in [-0.39, 0.29) is 5.62 Å². The molecule has 2 aliphatic heterocycles. The van der Waals surface area contributed by atoms with Crippen LogP contribution in [0.15, 0.2) is 35.1 Å². The van der Waals surface area contributed by atoms with Crippen molar-refractivity contribution in [1.29, 1.82) is 0 Å². The van der Waals surface area contributed by atoms with Gasteiger partial charge in [0.2, 0.25) is 0 Å². The zero-order valence-corrected chi connectivity index (χ0v) is 17.3. The molecule has 0 spiro atoms. The molecule has 1 aromatic carbocycles. The second-order valence-corrected chi connectivity index (χ2v) is 7.93. The molecule has 142 valence electrons. The molecular weight excluding hydrogens is 391 g/mol. The average Bonchev–Trinajstić information content (AvgIpc) is 2.98. The quantitative estimate of drug-likeness (QED) is 0.366. The van der Waals surface area contributed by atoms with Crippen LogP contribution in [0.25, 0.3) is 0 Å². The lowest BCUT2D eigenvalue weighted by Gasteiger charge is -2.36. The average molecular weight is 416 g/mol. The van der Waals surface area contributed by atoms with E-state index in [9.17, 15) is 0 Å². The summed E-state index contributed by atoms with van der Waals surface area (Å²) in [4.78, 5) is 9.16. The Balaban J connectivity index is 1.60. The molecule has 1 atom stereocenters. The number of hydrogen-bond acceptors (Lipinski definition) is 4. The van der Waals surface area contributed by atoms with E-state index in [1.807, 2.05) is 18.2 Å². The van der Waals surface area contributed by atoms with Gasteiger partial charge in [-0.3, -0.25) is 0 Å². The van der Waals surface area contributed by atoms with E-state index in [4.69, 9.17) is 34.8 Å². The van der Waals surface area contributed by atoms with Crippen LogP contribution in [0, 0.1) is 0 Å². The fourth-order valence-electron chi connectivity index (χ4n) is 3.35. The van der Waals surface area contributed by atoms with E-state index in [1.54, 1.807) is 0 Å². The third kappa shape index (κ3) is 4.79. The molecule has 0 radical (unpaired) electrons. The number of nitrogens with one attached hydrogen (secondary N) is 1.